The standard InChI is InChI=1S/C16H10O6/c17-6-10-4-14-15(22-8-21-14)5-11(10)16(18)9-1-2-12-13(3-9)20-7-19-12/h1-6H,7-8H2. The summed E-state index contributed by atoms with van der Waals surface area (Å²) in [4.78, 5) is 23.9. The van der Waals surface area contributed by atoms with Crippen molar-refractivity contribution in [3.63, 3.8) is 0 Å². The largest absolute Gasteiger partial charge is 0.454 e. The second kappa shape index (κ2) is 4.77. The highest BCUT2D eigenvalue weighted by Crippen LogP contribution is 2.37. The molecule has 0 atom stereocenters. The molecule has 4 rings (SSSR count). The van der Waals surface area contributed by atoms with E-state index in [4.69, 9.17) is 18.9 Å². The van der Waals surface area contributed by atoms with Crippen LogP contribution in [0.2, 0.25) is 0 Å². The first-order valence-corrected chi connectivity index (χ1v) is 6.59. The van der Waals surface area contributed by atoms with Crippen LogP contribution >= 0.6 is 0 Å². The molecule has 2 aromatic carbocycles. The van der Waals surface area contributed by atoms with E-state index in [1.807, 2.05) is 0 Å². The van der Waals surface area contributed by atoms with Crippen molar-refractivity contribution in [1.29, 1.82) is 0 Å². The number of ketones is 1. The number of hydrogen-bond donors (Lipinski definition) is 0. The number of carbonyl (C=O) groups is 2. The van der Waals surface area contributed by atoms with Crippen molar-refractivity contribution >= 4 is 12.1 Å². The van der Waals surface area contributed by atoms with E-state index in [2.05, 4.69) is 0 Å². The third-order valence-electron chi connectivity index (χ3n) is 3.55. The van der Waals surface area contributed by atoms with E-state index >= 15 is 0 Å². The molecule has 0 spiro atoms. The molecule has 0 unspecified atom stereocenters. The van der Waals surface area contributed by atoms with Crippen LogP contribution in [-0.2, 0) is 0 Å². The Kier molecular flexibility index (Phi) is 2.75. The predicted octanol–water partition coefficient (Wildman–Crippen LogP) is 2.19. The van der Waals surface area contributed by atoms with Crippen LogP contribution in [0.5, 0.6) is 23.0 Å². The van der Waals surface area contributed by atoms with Crippen LogP contribution in [0.15, 0.2) is 30.3 Å². The fourth-order valence-corrected chi connectivity index (χ4v) is 2.45. The zero-order valence-corrected chi connectivity index (χ0v) is 11.3. The molecule has 0 bridgehead atoms. The van der Waals surface area contributed by atoms with E-state index in [0.717, 1.165) is 0 Å². The Balaban J connectivity index is 1.78. The van der Waals surface area contributed by atoms with Gasteiger partial charge >= 0.3 is 0 Å². The Morgan fingerprint density at radius 3 is 2.23 bits per heavy atom. The summed E-state index contributed by atoms with van der Waals surface area (Å²) in [5.41, 5.74) is 0.927. The topological polar surface area (TPSA) is 71.1 Å². The number of fused-ring (bicyclic) bond motifs is 2. The van der Waals surface area contributed by atoms with Crippen LogP contribution in [0.1, 0.15) is 26.3 Å². The lowest BCUT2D eigenvalue weighted by Gasteiger charge is -2.07. The average molecular weight is 298 g/mol. The van der Waals surface area contributed by atoms with Crippen molar-refractivity contribution < 1.29 is 28.5 Å². The van der Waals surface area contributed by atoms with Crippen molar-refractivity contribution in [2.75, 3.05) is 13.6 Å². The Morgan fingerprint density at radius 1 is 0.864 bits per heavy atom. The zero-order valence-electron chi connectivity index (χ0n) is 11.3. The molecule has 22 heavy (non-hydrogen) atoms. The van der Waals surface area contributed by atoms with E-state index in [1.165, 1.54) is 12.1 Å². The van der Waals surface area contributed by atoms with Crippen LogP contribution < -0.4 is 18.9 Å². The second-order valence-corrected chi connectivity index (χ2v) is 4.81. The molecule has 6 nitrogen and oxygen atoms in total. The van der Waals surface area contributed by atoms with Gasteiger partial charge in [0.15, 0.2) is 35.1 Å². The van der Waals surface area contributed by atoms with Gasteiger partial charge < -0.3 is 18.9 Å². The van der Waals surface area contributed by atoms with Crippen molar-refractivity contribution in [3.05, 3.63) is 47.0 Å². The van der Waals surface area contributed by atoms with Gasteiger partial charge in [0.05, 0.1) is 0 Å². The van der Waals surface area contributed by atoms with Gasteiger partial charge in [-0.2, -0.15) is 0 Å². The third-order valence-corrected chi connectivity index (χ3v) is 3.55. The minimum Gasteiger partial charge on any atom is -0.454 e. The Hall–Kier alpha value is -3.02. The molecule has 0 N–H and O–H groups in total. The molecular formula is C16H10O6. The molecule has 0 amide bonds. The minimum absolute atomic E-state index is 0.0787. The Labute approximate surface area is 125 Å². The van der Waals surface area contributed by atoms with Crippen molar-refractivity contribution in [1.82, 2.24) is 0 Å². The number of ether oxygens (including phenoxy) is 4. The molecule has 0 radical (unpaired) electrons. The fraction of sp³-hybridized carbons (Fsp3) is 0.125. The maximum Gasteiger partial charge on any atom is 0.231 e. The fourth-order valence-electron chi connectivity index (χ4n) is 2.45. The number of rotatable bonds is 3. The molecule has 0 saturated heterocycles. The van der Waals surface area contributed by atoms with Gasteiger partial charge in [-0.25, -0.2) is 0 Å². The first-order valence-electron chi connectivity index (χ1n) is 6.59. The smallest absolute Gasteiger partial charge is 0.231 e. The number of benzene rings is 2. The molecule has 2 aliphatic rings. The van der Waals surface area contributed by atoms with Gasteiger partial charge in [-0.15, -0.1) is 0 Å². The second-order valence-electron chi connectivity index (χ2n) is 4.81. The van der Waals surface area contributed by atoms with Crippen LogP contribution in [0.4, 0.5) is 0 Å². The summed E-state index contributed by atoms with van der Waals surface area (Å²) >= 11 is 0. The highest BCUT2D eigenvalue weighted by Gasteiger charge is 2.23. The lowest BCUT2D eigenvalue weighted by molar-refractivity contribution is 0.102. The molecule has 2 aliphatic heterocycles. The summed E-state index contributed by atoms with van der Waals surface area (Å²) in [6.07, 6.45) is 0.627. The minimum atomic E-state index is -0.293. The highest BCUT2D eigenvalue weighted by atomic mass is 16.7. The van der Waals surface area contributed by atoms with Gasteiger partial charge in [-0.05, 0) is 30.3 Å². The maximum atomic E-state index is 12.7. The van der Waals surface area contributed by atoms with Gasteiger partial charge in [0.25, 0.3) is 0 Å². The lowest BCUT2D eigenvalue weighted by atomic mass is 9.98. The van der Waals surface area contributed by atoms with Crippen LogP contribution in [0.25, 0.3) is 0 Å². The van der Waals surface area contributed by atoms with E-state index in [0.29, 0.717) is 34.8 Å². The maximum absolute atomic E-state index is 12.7. The quantitative estimate of drug-likeness (QED) is 0.639. The highest BCUT2D eigenvalue weighted by molar-refractivity contribution is 6.13. The van der Waals surface area contributed by atoms with Gasteiger partial charge in [0.2, 0.25) is 13.6 Å². The van der Waals surface area contributed by atoms with Gasteiger partial charge in [-0.1, -0.05) is 0 Å². The number of hydrogen-bond acceptors (Lipinski definition) is 6. The molecule has 0 aromatic heterocycles. The third kappa shape index (κ3) is 1.88. The first-order chi connectivity index (χ1) is 10.8. The lowest BCUT2D eigenvalue weighted by Crippen LogP contribution is -2.05. The molecule has 0 saturated carbocycles. The van der Waals surface area contributed by atoms with Crippen molar-refractivity contribution in [2.45, 2.75) is 0 Å². The summed E-state index contributed by atoms with van der Waals surface area (Å²) in [6.45, 7) is 0.214. The summed E-state index contributed by atoms with van der Waals surface area (Å²) in [7, 11) is 0. The Bertz CT molecular complexity index is 795. The average Bonchev–Trinajstić information content (AvgIpc) is 3.20. The zero-order chi connectivity index (χ0) is 15.1. The van der Waals surface area contributed by atoms with Gasteiger partial charge in [0.1, 0.15) is 0 Å². The number of aldehydes is 1. The summed E-state index contributed by atoms with van der Waals surface area (Å²) < 4.78 is 21.0. The summed E-state index contributed by atoms with van der Waals surface area (Å²) in [5, 5.41) is 0. The van der Waals surface area contributed by atoms with Crippen LogP contribution in [0, 0.1) is 0 Å². The molecular weight excluding hydrogens is 288 g/mol. The number of carbonyl (C=O) groups excluding carboxylic acids is 2. The van der Waals surface area contributed by atoms with Gasteiger partial charge in [0, 0.05) is 16.7 Å². The van der Waals surface area contributed by atoms with Crippen molar-refractivity contribution in [3.8, 4) is 23.0 Å². The van der Waals surface area contributed by atoms with E-state index < -0.39 is 0 Å². The van der Waals surface area contributed by atoms with Crippen LogP contribution in [-0.4, -0.2) is 25.7 Å². The van der Waals surface area contributed by atoms with E-state index in [-0.39, 0.29) is 30.5 Å². The molecule has 110 valence electrons. The predicted molar refractivity (Wildman–Crippen MR) is 74.0 cm³/mol. The van der Waals surface area contributed by atoms with Gasteiger partial charge in [-0.3, -0.25) is 9.59 Å². The molecule has 0 fully saturated rings. The normalized spacial score (nSPS) is 14.0. The first kappa shape index (κ1) is 12.7. The van der Waals surface area contributed by atoms with E-state index in [1.54, 1.807) is 18.2 Å². The monoisotopic (exact) mass is 298 g/mol. The van der Waals surface area contributed by atoms with E-state index in [9.17, 15) is 9.59 Å². The van der Waals surface area contributed by atoms with Crippen molar-refractivity contribution in [2.24, 2.45) is 0 Å². The molecule has 2 heterocycles. The molecule has 6 heteroatoms. The summed E-state index contributed by atoms with van der Waals surface area (Å²) in [6, 6.07) is 7.94. The molecule has 0 aliphatic carbocycles. The summed E-state index contributed by atoms with van der Waals surface area (Å²) in [5.74, 6) is 1.73. The SMILES string of the molecule is O=Cc1cc2c(cc1C(=O)c1ccc3c(c1)OCO3)OCO2. The van der Waals surface area contributed by atoms with Crippen LogP contribution in [0.3, 0.4) is 0 Å². The molecule has 2 aromatic rings. The Morgan fingerprint density at radius 2 is 1.50 bits per heavy atom.